The molecule has 2 aliphatic heterocycles. The first kappa shape index (κ1) is 19.8. The number of imide groups is 1. The first-order valence-electron chi connectivity index (χ1n) is 10.2. The monoisotopic (exact) mass is 429 g/mol. The smallest absolute Gasteiger partial charge is 0.331 e. The summed E-state index contributed by atoms with van der Waals surface area (Å²) < 4.78 is 0. The highest BCUT2D eigenvalue weighted by atomic mass is 16.2. The number of hydrogen-bond donors (Lipinski definition) is 2. The van der Waals surface area contributed by atoms with Crippen LogP contribution in [-0.2, 0) is 10.3 Å². The molecule has 1 unspecified atom stereocenters. The minimum absolute atomic E-state index is 0.240. The number of nitrogens with zero attached hydrogens (tertiary/aromatic N) is 5. The van der Waals surface area contributed by atoms with Gasteiger partial charge in [-0.05, 0) is 30.3 Å². The summed E-state index contributed by atoms with van der Waals surface area (Å²) in [6, 6.07) is 15.0. The highest BCUT2D eigenvalue weighted by molar-refractivity contribution is 6.27. The Hall–Kier alpha value is -4.14. The van der Waals surface area contributed by atoms with E-state index in [-0.39, 0.29) is 5.84 Å². The van der Waals surface area contributed by atoms with Crippen molar-refractivity contribution in [1.29, 1.82) is 0 Å². The topological polar surface area (TPSA) is 96.4 Å². The van der Waals surface area contributed by atoms with E-state index >= 15 is 0 Å². The first-order valence-corrected chi connectivity index (χ1v) is 10.2. The third-order valence-corrected chi connectivity index (χ3v) is 6.01. The number of fused-ring (bicyclic) bond motifs is 2. The molecule has 0 radical (unpaired) electrons. The predicted octanol–water partition coefficient (Wildman–Crippen LogP) is 2.32. The number of aromatic nitrogens is 1. The number of anilines is 1. The van der Waals surface area contributed by atoms with Crippen molar-refractivity contribution < 1.29 is 9.59 Å². The van der Waals surface area contributed by atoms with Crippen molar-refractivity contribution in [2.24, 2.45) is 10.1 Å². The number of urea groups is 1. The van der Waals surface area contributed by atoms with Gasteiger partial charge in [0.05, 0.1) is 0 Å². The van der Waals surface area contributed by atoms with Gasteiger partial charge < -0.3 is 9.88 Å². The molecular formula is C23H23N7O2. The van der Waals surface area contributed by atoms with Crippen LogP contribution in [0.4, 0.5) is 10.5 Å². The molecule has 0 saturated carbocycles. The van der Waals surface area contributed by atoms with Gasteiger partial charge in [0.25, 0.3) is 5.91 Å². The van der Waals surface area contributed by atoms with Crippen molar-refractivity contribution in [3.8, 4) is 0 Å². The number of aliphatic imine (C=N–C) groups is 1. The summed E-state index contributed by atoms with van der Waals surface area (Å²) in [7, 11) is 7.01. The summed E-state index contributed by atoms with van der Waals surface area (Å²) in [5, 5.41) is 5.33. The Bertz CT molecular complexity index is 1310. The molecule has 0 bridgehead atoms. The van der Waals surface area contributed by atoms with E-state index in [1.807, 2.05) is 67.5 Å². The second kappa shape index (κ2) is 6.94. The number of rotatable bonds is 3. The number of para-hydroxylation sites is 1. The minimum atomic E-state index is -1.50. The van der Waals surface area contributed by atoms with Crippen LogP contribution >= 0.6 is 0 Å². The number of carbonyl (C=O) groups is 2. The highest BCUT2D eigenvalue weighted by Crippen LogP contribution is 2.40. The molecule has 3 heterocycles. The maximum atomic E-state index is 13.7. The van der Waals surface area contributed by atoms with Crippen molar-refractivity contribution in [1.82, 2.24) is 20.2 Å². The predicted molar refractivity (Wildman–Crippen MR) is 124 cm³/mol. The lowest BCUT2D eigenvalue weighted by molar-refractivity contribution is -0.132. The molecule has 9 heteroatoms. The van der Waals surface area contributed by atoms with Crippen LogP contribution in [-0.4, -0.2) is 66.6 Å². The van der Waals surface area contributed by atoms with Crippen LogP contribution in [0, 0.1) is 0 Å². The number of H-pyrrole nitrogens is 1. The van der Waals surface area contributed by atoms with Crippen molar-refractivity contribution in [3.05, 3.63) is 65.9 Å². The number of amides is 3. The van der Waals surface area contributed by atoms with Gasteiger partial charge >= 0.3 is 6.03 Å². The van der Waals surface area contributed by atoms with Crippen LogP contribution in [0.1, 0.15) is 11.1 Å². The van der Waals surface area contributed by atoms with Gasteiger partial charge in [0, 0.05) is 62.1 Å². The molecule has 1 aromatic heterocycles. The number of benzene rings is 2. The molecule has 0 spiro atoms. The molecule has 3 aromatic rings. The number of amidine groups is 2. The van der Waals surface area contributed by atoms with Gasteiger partial charge in [0.15, 0.2) is 11.7 Å². The van der Waals surface area contributed by atoms with Crippen LogP contribution in [0.2, 0.25) is 0 Å². The lowest BCUT2D eigenvalue weighted by Gasteiger charge is -2.43. The summed E-state index contributed by atoms with van der Waals surface area (Å²) in [5.41, 5.74) is 4.80. The minimum Gasteiger partial charge on any atom is -0.378 e. The lowest BCUT2D eigenvalue weighted by atomic mass is 9.84. The maximum Gasteiger partial charge on any atom is 0.331 e. The SMILES string of the molecule is CN1C(=O)N(C)C2=NNC(c3ccc(N(C)C)cc3)=NC2(c2c[nH]c3ccccc23)C1=O. The molecule has 2 aromatic carbocycles. The fraction of sp³-hybridized carbons (Fsp3) is 0.217. The van der Waals surface area contributed by atoms with Gasteiger partial charge in [0.1, 0.15) is 0 Å². The van der Waals surface area contributed by atoms with E-state index in [4.69, 9.17) is 4.99 Å². The third-order valence-electron chi connectivity index (χ3n) is 6.01. The maximum absolute atomic E-state index is 13.7. The summed E-state index contributed by atoms with van der Waals surface area (Å²) in [6.45, 7) is 0. The second-order valence-electron chi connectivity index (χ2n) is 8.11. The summed E-state index contributed by atoms with van der Waals surface area (Å²) in [5.74, 6) is 0.242. The molecule has 3 amide bonds. The van der Waals surface area contributed by atoms with Gasteiger partial charge in [-0.25, -0.2) is 9.79 Å². The Kier molecular flexibility index (Phi) is 4.30. The van der Waals surface area contributed by atoms with Gasteiger partial charge in [-0.3, -0.25) is 20.0 Å². The second-order valence-corrected chi connectivity index (χ2v) is 8.11. The normalized spacial score (nSPS) is 20.6. The van der Waals surface area contributed by atoms with E-state index in [1.54, 1.807) is 13.2 Å². The Labute approximate surface area is 185 Å². The van der Waals surface area contributed by atoms with E-state index in [0.29, 0.717) is 11.4 Å². The first-order chi connectivity index (χ1) is 15.3. The van der Waals surface area contributed by atoms with Crippen molar-refractivity contribution in [3.63, 3.8) is 0 Å². The molecule has 5 rings (SSSR count). The molecule has 9 nitrogen and oxygen atoms in total. The zero-order valence-corrected chi connectivity index (χ0v) is 18.2. The average Bonchev–Trinajstić information content (AvgIpc) is 3.25. The molecule has 1 atom stereocenters. The van der Waals surface area contributed by atoms with Crippen molar-refractivity contribution in [2.75, 3.05) is 33.1 Å². The summed E-state index contributed by atoms with van der Waals surface area (Å²) in [6.07, 6.45) is 1.77. The summed E-state index contributed by atoms with van der Waals surface area (Å²) in [4.78, 5) is 39.1. The lowest BCUT2D eigenvalue weighted by Crippen LogP contribution is -2.66. The number of likely N-dealkylation sites (N-methyl/N-ethyl adjacent to an activating group) is 2. The zero-order valence-electron chi connectivity index (χ0n) is 18.2. The fourth-order valence-corrected chi connectivity index (χ4v) is 4.25. The molecule has 2 N–H and O–H groups in total. The van der Waals surface area contributed by atoms with Crippen LogP contribution in [0.3, 0.4) is 0 Å². The molecular weight excluding hydrogens is 406 g/mol. The van der Waals surface area contributed by atoms with Gasteiger partial charge in [-0.2, -0.15) is 5.10 Å². The Balaban J connectivity index is 1.75. The fourth-order valence-electron chi connectivity index (χ4n) is 4.25. The number of nitrogens with one attached hydrogen (secondary N) is 2. The zero-order chi connectivity index (χ0) is 22.6. The van der Waals surface area contributed by atoms with Crippen molar-refractivity contribution in [2.45, 2.75) is 5.54 Å². The van der Waals surface area contributed by atoms with Crippen molar-refractivity contribution >= 4 is 40.2 Å². The van der Waals surface area contributed by atoms with E-state index in [0.717, 1.165) is 27.1 Å². The van der Waals surface area contributed by atoms with E-state index < -0.39 is 17.5 Å². The Morgan fingerprint density at radius 1 is 0.969 bits per heavy atom. The van der Waals surface area contributed by atoms with Gasteiger partial charge in [0.2, 0.25) is 5.54 Å². The largest absolute Gasteiger partial charge is 0.378 e. The van der Waals surface area contributed by atoms with E-state index in [9.17, 15) is 9.59 Å². The van der Waals surface area contributed by atoms with Crippen LogP contribution in [0.15, 0.2) is 64.8 Å². The number of hydrogen-bond acceptors (Lipinski definition) is 6. The molecule has 1 fully saturated rings. The third kappa shape index (κ3) is 2.64. The molecule has 32 heavy (non-hydrogen) atoms. The standard InChI is InChI=1S/C23H23N7O2/c1-28(2)15-11-9-14(10-12-15)19-25-23(17-13-24-18-8-6-5-7-16(17)18)20(27-26-19)29(3)22(32)30(4)21(23)31/h5-13,24H,1-4H3,(H,25,26). The van der Waals surface area contributed by atoms with E-state index in [2.05, 4.69) is 15.5 Å². The van der Waals surface area contributed by atoms with Crippen LogP contribution < -0.4 is 10.3 Å². The molecule has 2 aliphatic rings. The molecule has 1 saturated heterocycles. The van der Waals surface area contributed by atoms with E-state index in [1.165, 1.54) is 11.9 Å². The Morgan fingerprint density at radius 3 is 2.41 bits per heavy atom. The number of aromatic amines is 1. The Morgan fingerprint density at radius 2 is 1.69 bits per heavy atom. The highest BCUT2D eigenvalue weighted by Gasteiger charge is 2.57. The molecule has 0 aliphatic carbocycles. The number of hydrazone groups is 1. The summed E-state index contributed by atoms with van der Waals surface area (Å²) >= 11 is 0. The van der Waals surface area contributed by atoms with Crippen LogP contribution in [0.25, 0.3) is 10.9 Å². The molecule has 162 valence electrons. The number of carbonyl (C=O) groups excluding carboxylic acids is 2. The van der Waals surface area contributed by atoms with Crippen LogP contribution in [0.5, 0.6) is 0 Å². The van der Waals surface area contributed by atoms with Gasteiger partial charge in [-0.1, -0.05) is 18.2 Å². The average molecular weight is 429 g/mol. The van der Waals surface area contributed by atoms with Gasteiger partial charge in [-0.15, -0.1) is 0 Å². The quantitative estimate of drug-likeness (QED) is 0.668.